The van der Waals surface area contributed by atoms with Crippen LogP contribution in [0.5, 0.6) is 0 Å². The predicted molar refractivity (Wildman–Crippen MR) is 147 cm³/mol. The maximum absolute atomic E-state index is 14.4. The third-order valence-corrected chi connectivity index (χ3v) is 7.03. The van der Waals surface area contributed by atoms with Crippen molar-refractivity contribution in [1.29, 1.82) is 0 Å². The van der Waals surface area contributed by atoms with E-state index >= 15 is 0 Å². The molecule has 0 spiro atoms. The number of nitrogens with zero attached hydrogens (tertiary/aromatic N) is 5. The number of aromatic nitrogens is 3. The number of para-hydroxylation sites is 1. The molecule has 0 saturated carbocycles. The lowest BCUT2D eigenvalue weighted by Gasteiger charge is -2.24. The molecule has 10 heteroatoms. The number of carbonyl (C=O) groups is 1. The number of hydrogen-bond acceptors (Lipinski definition) is 6. The first-order valence-electron chi connectivity index (χ1n) is 12.1. The fourth-order valence-corrected chi connectivity index (χ4v) is 5.11. The van der Waals surface area contributed by atoms with E-state index in [0.29, 0.717) is 44.9 Å². The fraction of sp³-hybridized carbons (Fsp3) is 0.296. The van der Waals surface area contributed by atoms with Crippen LogP contribution >= 0.6 is 11.6 Å². The minimum atomic E-state index is -0.310. The van der Waals surface area contributed by atoms with E-state index in [2.05, 4.69) is 44.5 Å². The number of aryl methyl sites for hydroxylation is 1. The van der Waals surface area contributed by atoms with Crippen LogP contribution < -0.4 is 15.5 Å². The standard InChI is InChI=1S/C27H29ClFN7O/c1-16(37)31-23-12-17(8-9-24(23)36-11-10-18(14-36)34(2)3)32-27-30-13-21(28)25(33-27)20-15-35(4)26-19(20)6-5-7-22(26)29/h5-9,12-13,15,18H,10-11,14H2,1-4H3,(H,31,37)(H,30,32,33)/t18-/m1/s1. The number of amides is 1. The Kier molecular flexibility index (Phi) is 6.74. The van der Waals surface area contributed by atoms with E-state index in [0.717, 1.165) is 30.9 Å². The summed E-state index contributed by atoms with van der Waals surface area (Å²) >= 11 is 6.48. The van der Waals surface area contributed by atoms with E-state index < -0.39 is 0 Å². The quantitative estimate of drug-likeness (QED) is 0.360. The third-order valence-electron chi connectivity index (χ3n) is 6.75. The monoisotopic (exact) mass is 521 g/mol. The van der Waals surface area contributed by atoms with Gasteiger partial charge >= 0.3 is 0 Å². The summed E-state index contributed by atoms with van der Waals surface area (Å²) in [6, 6.07) is 11.2. The Morgan fingerprint density at radius 3 is 2.78 bits per heavy atom. The minimum Gasteiger partial charge on any atom is -0.368 e. The predicted octanol–water partition coefficient (Wildman–Crippen LogP) is 5.27. The first-order chi connectivity index (χ1) is 17.7. The lowest BCUT2D eigenvalue weighted by atomic mass is 10.1. The Hall–Kier alpha value is -3.69. The van der Waals surface area contributed by atoms with Gasteiger partial charge in [-0.25, -0.2) is 14.4 Å². The highest BCUT2D eigenvalue weighted by Crippen LogP contribution is 2.36. The second-order valence-electron chi connectivity index (χ2n) is 9.57. The first-order valence-corrected chi connectivity index (χ1v) is 12.5. The van der Waals surface area contributed by atoms with Crippen LogP contribution in [0.15, 0.2) is 48.8 Å². The largest absolute Gasteiger partial charge is 0.368 e. The van der Waals surface area contributed by atoms with E-state index in [1.807, 2.05) is 30.5 Å². The molecule has 1 fully saturated rings. The van der Waals surface area contributed by atoms with Crippen molar-refractivity contribution in [1.82, 2.24) is 19.4 Å². The molecule has 0 aliphatic carbocycles. The Morgan fingerprint density at radius 2 is 2.05 bits per heavy atom. The van der Waals surface area contributed by atoms with Gasteiger partial charge in [0, 0.05) is 55.9 Å². The summed E-state index contributed by atoms with van der Waals surface area (Å²) in [4.78, 5) is 25.5. The van der Waals surface area contributed by atoms with Crippen LogP contribution in [0.1, 0.15) is 13.3 Å². The average Bonchev–Trinajstić information content (AvgIpc) is 3.46. The summed E-state index contributed by atoms with van der Waals surface area (Å²) in [7, 11) is 5.96. The highest BCUT2D eigenvalue weighted by molar-refractivity contribution is 6.33. The number of halogens is 2. The summed E-state index contributed by atoms with van der Waals surface area (Å²) in [5, 5.41) is 7.26. The van der Waals surface area contributed by atoms with Gasteiger partial charge in [0.25, 0.3) is 0 Å². The summed E-state index contributed by atoms with van der Waals surface area (Å²) in [5.74, 6) is -0.117. The van der Waals surface area contributed by atoms with Crippen LogP contribution in [0.2, 0.25) is 5.02 Å². The summed E-state index contributed by atoms with van der Waals surface area (Å²) in [5.41, 5.74) is 4.10. The zero-order chi connectivity index (χ0) is 26.3. The number of rotatable bonds is 6. The average molecular weight is 522 g/mol. The van der Waals surface area contributed by atoms with Gasteiger partial charge in [-0.15, -0.1) is 0 Å². The van der Waals surface area contributed by atoms with Crippen LogP contribution in [-0.2, 0) is 11.8 Å². The van der Waals surface area contributed by atoms with Crippen molar-refractivity contribution >= 4 is 51.4 Å². The zero-order valence-corrected chi connectivity index (χ0v) is 22.0. The molecule has 0 radical (unpaired) electrons. The SMILES string of the molecule is CC(=O)Nc1cc(Nc2ncc(Cl)c(-c3cn(C)c4c(F)cccc34)n2)ccc1N1CC[C@@H](N(C)C)C1. The topological polar surface area (TPSA) is 78.3 Å². The number of likely N-dealkylation sites (N-methyl/N-ethyl adjacent to an activating group) is 1. The van der Waals surface area contributed by atoms with E-state index in [9.17, 15) is 9.18 Å². The van der Waals surface area contributed by atoms with Gasteiger partial charge in [0.1, 0.15) is 5.82 Å². The highest BCUT2D eigenvalue weighted by Gasteiger charge is 2.26. The summed E-state index contributed by atoms with van der Waals surface area (Å²) in [6.07, 6.45) is 4.40. The van der Waals surface area contributed by atoms with Crippen molar-refractivity contribution < 1.29 is 9.18 Å². The van der Waals surface area contributed by atoms with Crippen LogP contribution in [-0.4, -0.2) is 58.6 Å². The molecule has 4 aromatic rings. The molecule has 8 nitrogen and oxygen atoms in total. The van der Waals surface area contributed by atoms with E-state index in [-0.39, 0.29) is 11.7 Å². The van der Waals surface area contributed by atoms with Gasteiger partial charge in [-0.1, -0.05) is 23.7 Å². The molecule has 5 rings (SSSR count). The minimum absolute atomic E-state index is 0.144. The van der Waals surface area contributed by atoms with E-state index in [1.165, 1.54) is 19.2 Å². The van der Waals surface area contributed by atoms with Crippen LogP contribution in [0.4, 0.5) is 27.4 Å². The third kappa shape index (κ3) is 4.97. The number of fused-ring (bicyclic) bond motifs is 1. The Balaban J connectivity index is 1.47. The van der Waals surface area contributed by atoms with Crippen molar-refractivity contribution in [2.24, 2.45) is 7.05 Å². The molecule has 1 aliphatic heterocycles. The second-order valence-corrected chi connectivity index (χ2v) is 9.98. The van der Waals surface area contributed by atoms with Crippen LogP contribution in [0, 0.1) is 5.82 Å². The molecule has 1 amide bonds. The first kappa shape index (κ1) is 25.0. The van der Waals surface area contributed by atoms with Crippen molar-refractivity contribution in [2.75, 3.05) is 42.7 Å². The van der Waals surface area contributed by atoms with Crippen LogP contribution in [0.25, 0.3) is 22.2 Å². The van der Waals surface area contributed by atoms with Gasteiger partial charge in [-0.05, 0) is 44.8 Å². The highest BCUT2D eigenvalue weighted by atomic mass is 35.5. The van der Waals surface area contributed by atoms with Gasteiger partial charge < -0.3 is 25.0 Å². The number of nitrogens with one attached hydrogen (secondary N) is 2. The maximum Gasteiger partial charge on any atom is 0.227 e. The van der Waals surface area contributed by atoms with E-state index in [1.54, 1.807) is 17.7 Å². The molecular formula is C27H29ClFN7O. The van der Waals surface area contributed by atoms with Gasteiger partial charge in [-0.3, -0.25) is 4.79 Å². The summed E-state index contributed by atoms with van der Waals surface area (Å²) < 4.78 is 16.2. The molecule has 2 N–H and O–H groups in total. The lowest BCUT2D eigenvalue weighted by Crippen LogP contribution is -2.31. The fourth-order valence-electron chi connectivity index (χ4n) is 4.91. The van der Waals surface area contributed by atoms with Crippen molar-refractivity contribution in [2.45, 2.75) is 19.4 Å². The van der Waals surface area contributed by atoms with Gasteiger partial charge in [0.2, 0.25) is 11.9 Å². The smallest absolute Gasteiger partial charge is 0.227 e. The molecule has 37 heavy (non-hydrogen) atoms. The lowest BCUT2D eigenvalue weighted by molar-refractivity contribution is -0.114. The van der Waals surface area contributed by atoms with E-state index in [4.69, 9.17) is 11.6 Å². The molecule has 3 heterocycles. The second kappa shape index (κ2) is 9.99. The Morgan fingerprint density at radius 1 is 1.24 bits per heavy atom. The van der Waals surface area contributed by atoms with Gasteiger partial charge in [0.15, 0.2) is 0 Å². The molecule has 2 aromatic carbocycles. The number of carbonyl (C=O) groups excluding carboxylic acids is 1. The zero-order valence-electron chi connectivity index (χ0n) is 21.2. The molecule has 1 saturated heterocycles. The number of hydrogen-bond donors (Lipinski definition) is 2. The Bertz CT molecular complexity index is 1490. The molecule has 2 aromatic heterocycles. The van der Waals surface area contributed by atoms with Crippen LogP contribution in [0.3, 0.4) is 0 Å². The van der Waals surface area contributed by atoms with Gasteiger partial charge in [-0.2, -0.15) is 0 Å². The molecular weight excluding hydrogens is 493 g/mol. The molecule has 1 aliphatic rings. The molecule has 0 bridgehead atoms. The van der Waals surface area contributed by atoms with Gasteiger partial charge in [0.05, 0.1) is 33.8 Å². The molecule has 192 valence electrons. The normalized spacial score (nSPS) is 15.5. The number of anilines is 4. The summed E-state index contributed by atoms with van der Waals surface area (Å²) in [6.45, 7) is 3.30. The van der Waals surface area contributed by atoms with Crippen molar-refractivity contribution in [3.8, 4) is 11.3 Å². The maximum atomic E-state index is 14.4. The Labute approximate surface area is 220 Å². The molecule has 0 unspecified atom stereocenters. The number of benzene rings is 2. The van der Waals surface area contributed by atoms with Crippen molar-refractivity contribution in [3.05, 3.63) is 59.6 Å². The van der Waals surface area contributed by atoms with Crippen molar-refractivity contribution in [3.63, 3.8) is 0 Å². The molecule has 1 atom stereocenters.